The Bertz CT molecular complexity index is 1030. The van der Waals surface area contributed by atoms with Crippen LogP contribution in [0.15, 0.2) is 42.7 Å². The van der Waals surface area contributed by atoms with Crippen LogP contribution in [0.3, 0.4) is 0 Å². The maximum absolute atomic E-state index is 13.3. The molecule has 9 heteroatoms. The van der Waals surface area contributed by atoms with E-state index in [1.165, 1.54) is 4.90 Å². The van der Waals surface area contributed by atoms with Gasteiger partial charge in [0.25, 0.3) is 0 Å². The minimum atomic E-state index is -0.807. The summed E-state index contributed by atoms with van der Waals surface area (Å²) in [5, 5.41) is 2.94. The number of carbonyl (C=O) groups is 3. The van der Waals surface area contributed by atoms with E-state index in [4.69, 9.17) is 4.74 Å². The van der Waals surface area contributed by atoms with E-state index >= 15 is 0 Å². The van der Waals surface area contributed by atoms with E-state index < -0.39 is 17.7 Å². The van der Waals surface area contributed by atoms with Crippen LogP contribution in [0.5, 0.6) is 0 Å². The van der Waals surface area contributed by atoms with Crippen molar-refractivity contribution in [1.29, 1.82) is 0 Å². The summed E-state index contributed by atoms with van der Waals surface area (Å²) in [7, 11) is 0. The number of carbonyl (C=O) groups excluding carboxylic acids is 3. The third-order valence-electron chi connectivity index (χ3n) is 5.64. The van der Waals surface area contributed by atoms with Crippen molar-refractivity contribution < 1.29 is 19.1 Å². The maximum atomic E-state index is 13.3. The Balaban J connectivity index is 1.72. The minimum Gasteiger partial charge on any atom is -0.444 e. The van der Waals surface area contributed by atoms with Gasteiger partial charge in [-0.25, -0.2) is 14.8 Å². The lowest BCUT2D eigenvalue weighted by Gasteiger charge is -2.45. The molecule has 1 aliphatic rings. The molecular weight excluding hydrogens is 446 g/mol. The highest BCUT2D eigenvalue weighted by molar-refractivity contribution is 5.89. The van der Waals surface area contributed by atoms with Crippen LogP contribution in [-0.2, 0) is 20.9 Å². The Morgan fingerprint density at radius 2 is 1.71 bits per heavy atom. The summed E-state index contributed by atoms with van der Waals surface area (Å²) in [6.07, 6.45) is 2.89. The number of nitrogens with zero attached hydrogens (tertiary/aromatic N) is 4. The van der Waals surface area contributed by atoms with Crippen molar-refractivity contribution in [2.24, 2.45) is 5.92 Å². The van der Waals surface area contributed by atoms with Crippen molar-refractivity contribution in [3.63, 3.8) is 0 Å². The highest BCUT2D eigenvalue weighted by atomic mass is 16.6. The summed E-state index contributed by atoms with van der Waals surface area (Å²) >= 11 is 0. The van der Waals surface area contributed by atoms with Crippen LogP contribution in [0.4, 0.5) is 4.79 Å². The Morgan fingerprint density at radius 1 is 1.09 bits per heavy atom. The standard InChI is InChI=1S/C26H35N5O4/c1-17(2)24(33)31-18(3)15-30(25(34)35-26(4,5)6)16-21(31)23(32)29-14-19-8-10-20(11-9-19)22-27-12-7-13-28-22/h7-13,17-18,21H,14-16H2,1-6H3,(H,29,32)/t18-,21-/m1/s1. The zero-order valence-corrected chi connectivity index (χ0v) is 21.3. The van der Waals surface area contributed by atoms with Gasteiger partial charge in [0.1, 0.15) is 11.6 Å². The van der Waals surface area contributed by atoms with Gasteiger partial charge < -0.3 is 19.9 Å². The predicted molar refractivity (Wildman–Crippen MR) is 132 cm³/mol. The molecule has 3 rings (SSSR count). The predicted octanol–water partition coefficient (Wildman–Crippen LogP) is 3.25. The molecule has 0 bridgehead atoms. The van der Waals surface area contributed by atoms with E-state index in [0.29, 0.717) is 12.4 Å². The largest absolute Gasteiger partial charge is 0.444 e. The molecule has 2 aromatic rings. The monoisotopic (exact) mass is 481 g/mol. The van der Waals surface area contributed by atoms with Crippen molar-refractivity contribution >= 4 is 17.9 Å². The van der Waals surface area contributed by atoms with Gasteiger partial charge in [-0.05, 0) is 39.3 Å². The zero-order chi connectivity index (χ0) is 25.8. The molecule has 188 valence electrons. The Kier molecular flexibility index (Phi) is 8.09. The highest BCUT2D eigenvalue weighted by Gasteiger charge is 2.42. The number of rotatable bonds is 5. The van der Waals surface area contributed by atoms with Gasteiger partial charge in [0, 0.05) is 43.0 Å². The molecule has 1 aromatic carbocycles. The molecule has 0 unspecified atom stereocenters. The van der Waals surface area contributed by atoms with E-state index in [0.717, 1.165) is 11.1 Å². The van der Waals surface area contributed by atoms with Gasteiger partial charge in [-0.1, -0.05) is 38.1 Å². The second kappa shape index (κ2) is 10.8. The number of hydrogen-bond donors (Lipinski definition) is 1. The van der Waals surface area contributed by atoms with Gasteiger partial charge in [-0.3, -0.25) is 9.59 Å². The fraction of sp³-hybridized carbons (Fsp3) is 0.500. The van der Waals surface area contributed by atoms with E-state index in [2.05, 4.69) is 15.3 Å². The molecule has 1 aromatic heterocycles. The average molecular weight is 482 g/mol. The third-order valence-corrected chi connectivity index (χ3v) is 5.64. The van der Waals surface area contributed by atoms with Crippen molar-refractivity contribution in [2.45, 2.75) is 65.8 Å². The number of nitrogens with one attached hydrogen (secondary N) is 1. The molecule has 9 nitrogen and oxygen atoms in total. The van der Waals surface area contributed by atoms with Crippen LogP contribution in [0.1, 0.15) is 47.1 Å². The summed E-state index contributed by atoms with van der Waals surface area (Å²) in [6, 6.07) is 8.23. The molecule has 0 aliphatic carbocycles. The summed E-state index contributed by atoms with van der Waals surface area (Å²) in [6.45, 7) is 11.5. The second-order valence-electron chi connectivity index (χ2n) is 10.1. The number of benzene rings is 1. The molecule has 3 amide bonds. The smallest absolute Gasteiger partial charge is 0.410 e. The van der Waals surface area contributed by atoms with Gasteiger partial charge in [0.15, 0.2) is 5.82 Å². The summed E-state index contributed by atoms with van der Waals surface area (Å²) in [4.78, 5) is 50.6. The zero-order valence-electron chi connectivity index (χ0n) is 21.3. The van der Waals surface area contributed by atoms with Gasteiger partial charge >= 0.3 is 6.09 Å². The molecule has 0 spiro atoms. The topological polar surface area (TPSA) is 105 Å². The lowest BCUT2D eigenvalue weighted by molar-refractivity contribution is -0.149. The van der Waals surface area contributed by atoms with Gasteiger partial charge in [-0.15, -0.1) is 0 Å². The molecule has 1 N–H and O–H groups in total. The van der Waals surface area contributed by atoms with Crippen LogP contribution < -0.4 is 5.32 Å². The van der Waals surface area contributed by atoms with Gasteiger partial charge in [-0.2, -0.15) is 0 Å². The van der Waals surface area contributed by atoms with Crippen LogP contribution in [0, 0.1) is 5.92 Å². The Morgan fingerprint density at radius 3 is 2.29 bits per heavy atom. The van der Waals surface area contributed by atoms with E-state index in [1.807, 2.05) is 45.0 Å². The van der Waals surface area contributed by atoms with Crippen molar-refractivity contribution in [2.75, 3.05) is 13.1 Å². The SMILES string of the molecule is CC(C)C(=O)N1[C@H](C)CN(C(=O)OC(C)(C)C)C[C@@H]1C(=O)NCc1ccc(-c2ncccn2)cc1. The van der Waals surface area contributed by atoms with Gasteiger partial charge in [0.2, 0.25) is 11.8 Å². The molecular formula is C26H35N5O4. The van der Waals surface area contributed by atoms with Crippen LogP contribution in [0.25, 0.3) is 11.4 Å². The first-order valence-electron chi connectivity index (χ1n) is 11.9. The normalized spacial score (nSPS) is 18.4. The fourth-order valence-corrected chi connectivity index (χ4v) is 3.97. The lowest BCUT2D eigenvalue weighted by atomic mass is 10.0. The summed E-state index contributed by atoms with van der Waals surface area (Å²) in [5.74, 6) is -0.0683. The average Bonchev–Trinajstić information content (AvgIpc) is 2.81. The number of ether oxygens (including phenoxy) is 1. The molecule has 0 saturated carbocycles. The van der Waals surface area contributed by atoms with Crippen LogP contribution in [0.2, 0.25) is 0 Å². The first-order chi connectivity index (χ1) is 16.5. The third kappa shape index (κ3) is 6.77. The Labute approximate surface area is 206 Å². The quantitative estimate of drug-likeness (QED) is 0.703. The van der Waals surface area contributed by atoms with Gasteiger partial charge in [0.05, 0.1) is 6.54 Å². The molecule has 1 saturated heterocycles. The number of amides is 3. The lowest BCUT2D eigenvalue weighted by Crippen LogP contribution is -2.65. The summed E-state index contributed by atoms with van der Waals surface area (Å²) in [5.41, 5.74) is 1.12. The first-order valence-corrected chi connectivity index (χ1v) is 11.9. The highest BCUT2D eigenvalue weighted by Crippen LogP contribution is 2.22. The fourth-order valence-electron chi connectivity index (χ4n) is 3.97. The molecule has 2 heterocycles. The minimum absolute atomic E-state index is 0.0772. The second-order valence-corrected chi connectivity index (χ2v) is 10.1. The number of hydrogen-bond acceptors (Lipinski definition) is 6. The van der Waals surface area contributed by atoms with E-state index in [9.17, 15) is 14.4 Å². The van der Waals surface area contributed by atoms with Crippen LogP contribution in [-0.4, -0.2) is 68.4 Å². The number of aromatic nitrogens is 2. The van der Waals surface area contributed by atoms with Crippen molar-refractivity contribution in [3.05, 3.63) is 48.3 Å². The van der Waals surface area contributed by atoms with Crippen LogP contribution >= 0.6 is 0 Å². The molecule has 35 heavy (non-hydrogen) atoms. The van der Waals surface area contributed by atoms with E-state index in [1.54, 1.807) is 44.1 Å². The molecule has 1 fully saturated rings. The molecule has 0 radical (unpaired) electrons. The molecule has 2 atom stereocenters. The van der Waals surface area contributed by atoms with E-state index in [-0.39, 0.29) is 36.9 Å². The van der Waals surface area contributed by atoms with Crippen molar-refractivity contribution in [3.8, 4) is 11.4 Å². The summed E-state index contributed by atoms with van der Waals surface area (Å²) < 4.78 is 5.52. The molecule has 1 aliphatic heterocycles. The maximum Gasteiger partial charge on any atom is 0.410 e. The first kappa shape index (κ1) is 26.1. The van der Waals surface area contributed by atoms with Crippen molar-refractivity contribution in [1.82, 2.24) is 25.1 Å². The Hall–Kier alpha value is -3.49. The number of piperazine rings is 1.